The Kier molecular flexibility index (Phi) is 6.86. The zero-order valence-corrected chi connectivity index (χ0v) is 38.0. The van der Waals surface area contributed by atoms with Crippen molar-refractivity contribution in [2.45, 2.75) is 10.8 Å². The molecule has 2 aliphatic rings. The van der Waals surface area contributed by atoms with E-state index in [9.17, 15) is 0 Å². The van der Waals surface area contributed by atoms with Crippen LogP contribution in [0, 0.1) is 0 Å². The summed E-state index contributed by atoms with van der Waals surface area (Å²) in [5.74, 6) is 0. The molecule has 70 heavy (non-hydrogen) atoms. The molecule has 0 spiro atoms. The lowest BCUT2D eigenvalue weighted by molar-refractivity contribution is 0.776. The maximum Gasteiger partial charge on any atom is 0.0720 e. The smallest absolute Gasteiger partial charge is 0.0720 e. The van der Waals surface area contributed by atoms with Crippen molar-refractivity contribution in [1.82, 2.24) is 8.80 Å². The molecule has 0 atom stereocenters. The summed E-state index contributed by atoms with van der Waals surface area (Å²) in [7, 11) is 0. The van der Waals surface area contributed by atoms with Crippen LogP contribution in [0.3, 0.4) is 0 Å². The predicted octanol–water partition coefficient (Wildman–Crippen LogP) is 16.7. The highest BCUT2D eigenvalue weighted by atomic mass is 14.9. The van der Waals surface area contributed by atoms with Gasteiger partial charge in [0.05, 0.1) is 43.9 Å². The Morgan fingerprint density at radius 3 is 0.957 bits per heavy atom. The number of rotatable bonds is 4. The molecular formula is C68H40N2. The second kappa shape index (κ2) is 13.0. The van der Waals surface area contributed by atoms with Crippen LogP contribution >= 0.6 is 0 Å². The van der Waals surface area contributed by atoms with Crippen LogP contribution in [0.4, 0.5) is 0 Å². The van der Waals surface area contributed by atoms with Gasteiger partial charge in [-0.15, -0.1) is 0 Å². The molecule has 322 valence electrons. The maximum absolute atomic E-state index is 2.63. The van der Waals surface area contributed by atoms with Gasteiger partial charge >= 0.3 is 0 Å². The van der Waals surface area contributed by atoms with Gasteiger partial charge in [0, 0.05) is 43.1 Å². The summed E-state index contributed by atoms with van der Waals surface area (Å²) in [4.78, 5) is 0. The number of hydrogen-bond donors (Lipinski definition) is 0. The first-order chi connectivity index (χ1) is 34.8. The Balaban J connectivity index is 1.14. The van der Waals surface area contributed by atoms with Crippen molar-refractivity contribution >= 4 is 76.2 Å². The summed E-state index contributed by atoms with van der Waals surface area (Å²) in [6, 6.07) is 92.1. The summed E-state index contributed by atoms with van der Waals surface area (Å²) < 4.78 is 5.25. The van der Waals surface area contributed by atoms with Gasteiger partial charge in [0.15, 0.2) is 0 Å². The van der Waals surface area contributed by atoms with E-state index < -0.39 is 10.8 Å². The topological polar surface area (TPSA) is 8.82 Å². The van der Waals surface area contributed by atoms with E-state index >= 15 is 0 Å². The lowest BCUT2D eigenvalue weighted by atomic mass is 9.66. The Labute approximate surface area is 403 Å². The van der Waals surface area contributed by atoms with E-state index in [4.69, 9.17) is 0 Å². The van der Waals surface area contributed by atoms with Crippen molar-refractivity contribution in [2.75, 3.05) is 0 Å². The molecule has 0 unspecified atom stereocenters. The minimum atomic E-state index is -0.576. The minimum absolute atomic E-state index is 0.576. The Morgan fingerprint density at radius 1 is 0.243 bits per heavy atom. The van der Waals surface area contributed by atoms with Gasteiger partial charge in [0.25, 0.3) is 0 Å². The largest absolute Gasteiger partial charge is 0.308 e. The molecule has 2 nitrogen and oxygen atoms in total. The molecular weight excluding hydrogens is 845 g/mol. The van der Waals surface area contributed by atoms with Crippen LogP contribution < -0.4 is 0 Å². The van der Waals surface area contributed by atoms with Crippen LogP contribution in [-0.4, -0.2) is 8.80 Å². The molecule has 4 aromatic heterocycles. The molecule has 0 bridgehead atoms. The number of nitrogens with zero attached hydrogens (tertiary/aromatic N) is 2. The van der Waals surface area contributed by atoms with Gasteiger partial charge in [-0.2, -0.15) is 0 Å². The molecule has 0 saturated heterocycles. The van der Waals surface area contributed by atoms with Crippen LogP contribution in [-0.2, 0) is 10.8 Å². The second-order valence-corrected chi connectivity index (χ2v) is 19.8. The van der Waals surface area contributed by atoms with Gasteiger partial charge in [-0.1, -0.05) is 206 Å². The third-order valence-corrected chi connectivity index (χ3v) is 16.9. The van der Waals surface area contributed by atoms with Gasteiger partial charge in [0.1, 0.15) is 0 Å². The third kappa shape index (κ3) is 4.14. The van der Waals surface area contributed by atoms with E-state index in [1.54, 1.807) is 0 Å². The van der Waals surface area contributed by atoms with Crippen molar-refractivity contribution in [3.8, 4) is 22.3 Å². The summed E-state index contributed by atoms with van der Waals surface area (Å²) in [6.07, 6.45) is 0. The molecule has 2 aliphatic carbocycles. The van der Waals surface area contributed by atoms with Gasteiger partial charge in [-0.3, -0.25) is 0 Å². The SMILES string of the molecule is c1ccc(C2(c3ccccc3)c3ccccc3-c3cc4c5ccccc5n5c6cc7c8c9c(cc%10c%11ccccc%11n(c7cc6c(c32)c45)c%108)-c2ccccc2C9(c2ccccc2)c2ccccc2)cc1. The van der Waals surface area contributed by atoms with Gasteiger partial charge in [0.2, 0.25) is 0 Å². The average molecular weight is 885 g/mol. The molecule has 0 saturated carbocycles. The minimum Gasteiger partial charge on any atom is -0.308 e. The molecule has 17 rings (SSSR count). The summed E-state index contributed by atoms with van der Waals surface area (Å²) >= 11 is 0. The van der Waals surface area contributed by atoms with Crippen molar-refractivity contribution < 1.29 is 0 Å². The number of para-hydroxylation sites is 2. The first kappa shape index (κ1) is 37.1. The van der Waals surface area contributed by atoms with E-state index in [1.807, 2.05) is 0 Å². The fraction of sp³-hybridized carbons (Fsp3) is 0.0294. The number of fused-ring (bicyclic) bond motifs is 20. The van der Waals surface area contributed by atoms with Gasteiger partial charge in [-0.25, -0.2) is 0 Å². The van der Waals surface area contributed by atoms with Crippen molar-refractivity contribution in [2.24, 2.45) is 0 Å². The van der Waals surface area contributed by atoms with E-state index in [0.717, 1.165) is 0 Å². The van der Waals surface area contributed by atoms with Crippen molar-refractivity contribution in [3.05, 3.63) is 287 Å². The number of hydrogen-bond acceptors (Lipinski definition) is 0. The fourth-order valence-corrected chi connectivity index (χ4v) is 14.5. The van der Waals surface area contributed by atoms with Gasteiger partial charge in [-0.05, 0) is 103 Å². The number of aromatic nitrogens is 2. The monoisotopic (exact) mass is 884 g/mol. The molecule has 0 radical (unpaired) electrons. The molecule has 11 aromatic carbocycles. The van der Waals surface area contributed by atoms with Crippen LogP contribution in [0.5, 0.6) is 0 Å². The van der Waals surface area contributed by atoms with Crippen LogP contribution in [0.1, 0.15) is 44.5 Å². The second-order valence-electron chi connectivity index (χ2n) is 19.8. The Hall–Kier alpha value is -8.98. The van der Waals surface area contributed by atoms with E-state index in [0.29, 0.717) is 0 Å². The van der Waals surface area contributed by atoms with Gasteiger partial charge < -0.3 is 8.80 Å². The zero-order chi connectivity index (χ0) is 45.5. The molecule has 0 amide bonds. The Bertz CT molecular complexity index is 4290. The fourth-order valence-electron chi connectivity index (χ4n) is 14.5. The summed E-state index contributed by atoms with van der Waals surface area (Å²) in [5.41, 5.74) is 22.1. The van der Waals surface area contributed by atoms with E-state index in [1.165, 1.54) is 143 Å². The standard InChI is InChI=1S/C68H40N2/c1-5-21-41(22-6-1)67(42-23-7-2-8-24-42)55-33-17-13-29-45(55)49-37-51-47-31-15-19-35-57(47)69-59-40-54-60(39-53(59)61(63(49)67)65(51)69)70-58-36-20-16-32-48(58)52-38-50-46-30-14-18-34-56(46)68(43-25-9-3-10-26-43,44-27-11-4-12-28-44)64(50)62(54)66(52)70/h1-40H. The van der Waals surface area contributed by atoms with E-state index in [-0.39, 0.29) is 0 Å². The predicted molar refractivity (Wildman–Crippen MR) is 290 cm³/mol. The first-order valence-electron chi connectivity index (χ1n) is 24.6. The molecule has 2 heteroatoms. The van der Waals surface area contributed by atoms with E-state index in [2.05, 4.69) is 251 Å². The average Bonchev–Trinajstić information content (AvgIpc) is 4.26. The maximum atomic E-state index is 2.63. The molecule has 4 heterocycles. The lowest BCUT2D eigenvalue weighted by Crippen LogP contribution is -2.28. The highest BCUT2D eigenvalue weighted by Gasteiger charge is 2.50. The molecule has 0 aliphatic heterocycles. The highest BCUT2D eigenvalue weighted by Crippen LogP contribution is 2.63. The van der Waals surface area contributed by atoms with Crippen LogP contribution in [0.15, 0.2) is 243 Å². The van der Waals surface area contributed by atoms with Crippen molar-refractivity contribution in [1.29, 1.82) is 0 Å². The van der Waals surface area contributed by atoms with Crippen molar-refractivity contribution in [3.63, 3.8) is 0 Å². The third-order valence-electron chi connectivity index (χ3n) is 16.9. The highest BCUT2D eigenvalue weighted by molar-refractivity contribution is 6.32. The Morgan fingerprint density at radius 2 is 0.571 bits per heavy atom. The quantitative estimate of drug-likeness (QED) is 0.167. The summed E-state index contributed by atoms with van der Waals surface area (Å²) in [6.45, 7) is 0. The zero-order valence-electron chi connectivity index (χ0n) is 38.0. The molecule has 0 N–H and O–H groups in total. The van der Waals surface area contributed by atoms with Crippen LogP contribution in [0.2, 0.25) is 0 Å². The molecule has 0 fully saturated rings. The lowest BCUT2D eigenvalue weighted by Gasteiger charge is -2.34. The molecule has 15 aromatic rings. The number of benzene rings is 11. The summed E-state index contributed by atoms with van der Waals surface area (Å²) in [5, 5.41) is 10.4. The first-order valence-corrected chi connectivity index (χ1v) is 24.6. The normalized spacial score (nSPS) is 14.5. The van der Waals surface area contributed by atoms with Crippen LogP contribution in [0.25, 0.3) is 98.4 Å².